The first-order chi connectivity index (χ1) is 9.55. The van der Waals surface area contributed by atoms with Gasteiger partial charge in [-0.3, -0.25) is 0 Å². The Balaban J connectivity index is 2.38. The SMILES string of the molecule is COc1cc(Cc2cnc(N)nc2N)cc(OC)c1Cl. The summed E-state index contributed by atoms with van der Waals surface area (Å²) in [5.41, 5.74) is 13.0. The minimum absolute atomic E-state index is 0.150. The van der Waals surface area contributed by atoms with Gasteiger partial charge < -0.3 is 20.9 Å². The second kappa shape index (κ2) is 5.83. The van der Waals surface area contributed by atoms with E-state index in [9.17, 15) is 0 Å². The molecular weight excluding hydrogens is 280 g/mol. The van der Waals surface area contributed by atoms with Gasteiger partial charge in [0.1, 0.15) is 22.3 Å². The van der Waals surface area contributed by atoms with E-state index in [-0.39, 0.29) is 5.95 Å². The lowest BCUT2D eigenvalue weighted by atomic mass is 10.1. The standard InChI is InChI=1S/C13H15ClN4O2/c1-19-9-4-7(5-10(20-2)11(9)14)3-8-6-17-13(16)18-12(8)15/h4-6H,3H2,1-2H3,(H4,15,16,17,18). The molecule has 20 heavy (non-hydrogen) atoms. The Kier molecular flexibility index (Phi) is 4.14. The van der Waals surface area contributed by atoms with Gasteiger partial charge in [0.05, 0.1) is 14.2 Å². The number of anilines is 2. The molecule has 1 aromatic carbocycles. The van der Waals surface area contributed by atoms with E-state index in [0.717, 1.165) is 11.1 Å². The lowest BCUT2D eigenvalue weighted by Crippen LogP contribution is -2.04. The van der Waals surface area contributed by atoms with Crippen LogP contribution in [0.15, 0.2) is 18.3 Å². The van der Waals surface area contributed by atoms with Crippen LogP contribution in [-0.4, -0.2) is 24.2 Å². The number of nitrogen functional groups attached to an aromatic ring is 2. The second-order valence-electron chi connectivity index (χ2n) is 4.13. The Morgan fingerprint density at radius 3 is 2.25 bits per heavy atom. The molecule has 2 aromatic rings. The zero-order chi connectivity index (χ0) is 14.7. The molecule has 4 N–H and O–H groups in total. The maximum Gasteiger partial charge on any atom is 0.221 e. The van der Waals surface area contributed by atoms with Crippen molar-refractivity contribution in [3.63, 3.8) is 0 Å². The molecule has 0 aliphatic carbocycles. The Morgan fingerprint density at radius 2 is 1.75 bits per heavy atom. The fraction of sp³-hybridized carbons (Fsp3) is 0.231. The zero-order valence-electron chi connectivity index (χ0n) is 11.2. The number of nitrogens with two attached hydrogens (primary N) is 2. The normalized spacial score (nSPS) is 10.3. The van der Waals surface area contributed by atoms with Crippen molar-refractivity contribution in [3.8, 4) is 11.5 Å². The highest BCUT2D eigenvalue weighted by atomic mass is 35.5. The third-order valence-corrected chi connectivity index (χ3v) is 3.19. The molecule has 0 aliphatic rings. The average molecular weight is 295 g/mol. The molecule has 6 nitrogen and oxygen atoms in total. The van der Waals surface area contributed by atoms with Crippen LogP contribution in [0.3, 0.4) is 0 Å². The summed E-state index contributed by atoms with van der Waals surface area (Å²) in [5.74, 6) is 1.58. The van der Waals surface area contributed by atoms with Gasteiger partial charge in [-0.15, -0.1) is 0 Å². The topological polar surface area (TPSA) is 96.3 Å². The van der Waals surface area contributed by atoms with Gasteiger partial charge in [-0.1, -0.05) is 11.6 Å². The van der Waals surface area contributed by atoms with Gasteiger partial charge in [-0.2, -0.15) is 4.98 Å². The number of rotatable bonds is 4. The number of hydrogen-bond acceptors (Lipinski definition) is 6. The average Bonchev–Trinajstić information content (AvgIpc) is 2.43. The van der Waals surface area contributed by atoms with Crippen LogP contribution in [-0.2, 0) is 6.42 Å². The van der Waals surface area contributed by atoms with Crippen LogP contribution in [0, 0.1) is 0 Å². The van der Waals surface area contributed by atoms with Crippen molar-refractivity contribution in [1.82, 2.24) is 9.97 Å². The predicted molar refractivity (Wildman–Crippen MR) is 78.2 cm³/mol. The highest BCUT2D eigenvalue weighted by Gasteiger charge is 2.12. The van der Waals surface area contributed by atoms with Crippen molar-refractivity contribution >= 4 is 23.4 Å². The van der Waals surface area contributed by atoms with Crippen LogP contribution >= 0.6 is 11.6 Å². The van der Waals surface area contributed by atoms with E-state index in [1.807, 2.05) is 12.1 Å². The molecule has 0 saturated carbocycles. The van der Waals surface area contributed by atoms with E-state index in [1.54, 1.807) is 20.4 Å². The summed E-state index contributed by atoms with van der Waals surface area (Å²) in [5, 5.41) is 0.431. The molecule has 1 heterocycles. The Bertz CT molecular complexity index is 609. The van der Waals surface area contributed by atoms with E-state index in [4.69, 9.17) is 32.5 Å². The van der Waals surface area contributed by atoms with Gasteiger partial charge >= 0.3 is 0 Å². The van der Waals surface area contributed by atoms with Gasteiger partial charge in [-0.25, -0.2) is 4.98 Å². The molecule has 7 heteroatoms. The smallest absolute Gasteiger partial charge is 0.221 e. The van der Waals surface area contributed by atoms with Gasteiger partial charge in [-0.05, 0) is 17.7 Å². The van der Waals surface area contributed by atoms with Crippen molar-refractivity contribution in [2.45, 2.75) is 6.42 Å². The molecule has 0 unspecified atom stereocenters. The molecule has 2 rings (SSSR count). The van der Waals surface area contributed by atoms with Gasteiger partial charge in [0.25, 0.3) is 0 Å². The predicted octanol–water partition coefficient (Wildman–Crippen LogP) is 1.90. The summed E-state index contributed by atoms with van der Waals surface area (Å²) in [6.45, 7) is 0. The van der Waals surface area contributed by atoms with E-state index < -0.39 is 0 Å². The molecule has 0 bridgehead atoms. The van der Waals surface area contributed by atoms with Crippen molar-refractivity contribution in [2.75, 3.05) is 25.7 Å². The van der Waals surface area contributed by atoms with Crippen molar-refractivity contribution < 1.29 is 9.47 Å². The third kappa shape index (κ3) is 2.85. The minimum Gasteiger partial charge on any atom is -0.495 e. The summed E-state index contributed by atoms with van der Waals surface area (Å²) in [4.78, 5) is 7.87. The first-order valence-corrected chi connectivity index (χ1v) is 6.20. The lowest BCUT2D eigenvalue weighted by Gasteiger charge is -2.12. The van der Waals surface area contributed by atoms with E-state index in [0.29, 0.717) is 28.8 Å². The molecule has 0 radical (unpaired) electrons. The number of nitrogens with zero attached hydrogens (tertiary/aromatic N) is 2. The van der Waals surface area contributed by atoms with E-state index in [1.165, 1.54) is 0 Å². The summed E-state index contributed by atoms with van der Waals surface area (Å²) in [6.07, 6.45) is 2.13. The fourth-order valence-corrected chi connectivity index (χ4v) is 2.08. The fourth-order valence-electron chi connectivity index (χ4n) is 1.82. The number of halogens is 1. The minimum atomic E-state index is 0.150. The highest BCUT2D eigenvalue weighted by molar-refractivity contribution is 6.33. The maximum atomic E-state index is 6.12. The number of aromatic nitrogens is 2. The van der Waals surface area contributed by atoms with E-state index in [2.05, 4.69) is 9.97 Å². The summed E-state index contributed by atoms with van der Waals surface area (Å²) in [7, 11) is 3.09. The van der Waals surface area contributed by atoms with Crippen molar-refractivity contribution in [1.29, 1.82) is 0 Å². The summed E-state index contributed by atoms with van der Waals surface area (Å²) >= 11 is 6.12. The third-order valence-electron chi connectivity index (χ3n) is 2.82. The van der Waals surface area contributed by atoms with Crippen LogP contribution in [0.2, 0.25) is 5.02 Å². The molecule has 1 aromatic heterocycles. The van der Waals surface area contributed by atoms with Gasteiger partial charge in [0, 0.05) is 18.2 Å². The first-order valence-electron chi connectivity index (χ1n) is 5.82. The van der Waals surface area contributed by atoms with Crippen LogP contribution in [0.4, 0.5) is 11.8 Å². The van der Waals surface area contributed by atoms with Crippen molar-refractivity contribution in [3.05, 3.63) is 34.5 Å². The Labute approximate surface area is 121 Å². The largest absolute Gasteiger partial charge is 0.495 e. The molecule has 0 amide bonds. The second-order valence-corrected chi connectivity index (χ2v) is 4.51. The van der Waals surface area contributed by atoms with Gasteiger partial charge in [0.2, 0.25) is 5.95 Å². The highest BCUT2D eigenvalue weighted by Crippen LogP contribution is 2.36. The lowest BCUT2D eigenvalue weighted by molar-refractivity contribution is 0.394. The van der Waals surface area contributed by atoms with Crippen LogP contribution in [0.25, 0.3) is 0 Å². The van der Waals surface area contributed by atoms with Crippen LogP contribution in [0.1, 0.15) is 11.1 Å². The molecule has 0 saturated heterocycles. The monoisotopic (exact) mass is 294 g/mol. The van der Waals surface area contributed by atoms with E-state index >= 15 is 0 Å². The molecule has 106 valence electrons. The van der Waals surface area contributed by atoms with Crippen LogP contribution < -0.4 is 20.9 Å². The van der Waals surface area contributed by atoms with Crippen LogP contribution in [0.5, 0.6) is 11.5 Å². The Hall–Kier alpha value is -2.21. The van der Waals surface area contributed by atoms with Gasteiger partial charge in [0.15, 0.2) is 0 Å². The number of methoxy groups -OCH3 is 2. The maximum absolute atomic E-state index is 6.12. The molecule has 0 atom stereocenters. The quantitative estimate of drug-likeness (QED) is 0.894. The number of benzene rings is 1. The first kappa shape index (κ1) is 14.2. The molecule has 0 fully saturated rings. The zero-order valence-corrected chi connectivity index (χ0v) is 11.9. The van der Waals surface area contributed by atoms with Crippen molar-refractivity contribution in [2.24, 2.45) is 0 Å². The molecular formula is C13H15ClN4O2. The molecule has 0 aliphatic heterocycles. The number of hydrogen-bond donors (Lipinski definition) is 2. The molecule has 0 spiro atoms. The summed E-state index contributed by atoms with van der Waals surface area (Å²) < 4.78 is 10.4. The summed E-state index contributed by atoms with van der Waals surface area (Å²) in [6, 6.07) is 3.64. The number of ether oxygens (including phenoxy) is 2. The Morgan fingerprint density at radius 1 is 1.15 bits per heavy atom.